The number of aromatic amines is 1. The molecule has 5 rings (SSSR count). The van der Waals surface area contributed by atoms with Gasteiger partial charge in [-0.2, -0.15) is 0 Å². The van der Waals surface area contributed by atoms with Crippen molar-refractivity contribution in [3.63, 3.8) is 0 Å². The Kier molecular flexibility index (Phi) is 5.28. The van der Waals surface area contributed by atoms with Crippen LogP contribution in [0.1, 0.15) is 17.2 Å². The number of aliphatic hydroxyl groups is 1. The van der Waals surface area contributed by atoms with Crippen molar-refractivity contribution in [1.82, 2.24) is 9.97 Å². The molecule has 1 unspecified atom stereocenters. The van der Waals surface area contributed by atoms with Gasteiger partial charge in [-0.15, -0.1) is 13.2 Å². The van der Waals surface area contributed by atoms with Crippen LogP contribution in [0.25, 0.3) is 16.7 Å². The van der Waals surface area contributed by atoms with Crippen LogP contribution in [-0.4, -0.2) is 33.1 Å². The Balaban J connectivity index is 1.65. The summed E-state index contributed by atoms with van der Waals surface area (Å²) >= 11 is 0. The summed E-state index contributed by atoms with van der Waals surface area (Å²) in [4.78, 5) is 34.5. The number of ether oxygens (including phenoxy) is 1. The fraction of sp³-hybridized carbons (Fsp3) is 0.0800. The van der Waals surface area contributed by atoms with Gasteiger partial charge in [-0.25, -0.2) is 0 Å². The van der Waals surface area contributed by atoms with E-state index in [9.17, 15) is 27.9 Å². The van der Waals surface area contributed by atoms with Crippen molar-refractivity contribution >= 4 is 34.0 Å². The van der Waals surface area contributed by atoms with Crippen molar-refractivity contribution in [1.29, 1.82) is 0 Å². The number of alkyl halides is 3. The highest BCUT2D eigenvalue weighted by Crippen LogP contribution is 2.43. The van der Waals surface area contributed by atoms with E-state index in [-0.39, 0.29) is 17.0 Å². The summed E-state index contributed by atoms with van der Waals surface area (Å²) in [6.45, 7) is 0. The zero-order valence-electron chi connectivity index (χ0n) is 17.8. The zero-order valence-corrected chi connectivity index (χ0v) is 17.8. The van der Waals surface area contributed by atoms with Crippen molar-refractivity contribution in [2.45, 2.75) is 12.4 Å². The van der Waals surface area contributed by atoms with Crippen LogP contribution in [-0.2, 0) is 9.59 Å². The number of hydrogen-bond acceptors (Lipinski definition) is 5. The molecule has 0 radical (unpaired) electrons. The van der Waals surface area contributed by atoms with Crippen molar-refractivity contribution in [2.75, 3.05) is 4.90 Å². The van der Waals surface area contributed by atoms with Crippen LogP contribution in [0.3, 0.4) is 0 Å². The molecule has 0 saturated carbocycles. The second-order valence-electron chi connectivity index (χ2n) is 7.74. The van der Waals surface area contributed by atoms with Crippen molar-refractivity contribution in [3.05, 3.63) is 96.0 Å². The first-order valence-electron chi connectivity index (χ1n) is 10.4. The first-order chi connectivity index (χ1) is 16.7. The van der Waals surface area contributed by atoms with E-state index in [0.717, 1.165) is 22.5 Å². The first-order valence-corrected chi connectivity index (χ1v) is 10.4. The van der Waals surface area contributed by atoms with E-state index < -0.39 is 29.8 Å². The van der Waals surface area contributed by atoms with E-state index in [1.165, 1.54) is 24.5 Å². The third-order valence-electron chi connectivity index (χ3n) is 5.66. The lowest BCUT2D eigenvalue weighted by atomic mass is 9.95. The van der Waals surface area contributed by atoms with Crippen LogP contribution in [0.4, 0.5) is 18.9 Å². The number of aromatic nitrogens is 2. The van der Waals surface area contributed by atoms with Crippen LogP contribution in [0.5, 0.6) is 5.75 Å². The number of H-pyrrole nitrogens is 1. The number of para-hydroxylation sites is 1. The molecule has 2 N–H and O–H groups in total. The number of nitrogens with zero attached hydrogens (tertiary/aromatic N) is 2. The van der Waals surface area contributed by atoms with Crippen LogP contribution in [0, 0.1) is 0 Å². The largest absolute Gasteiger partial charge is 0.573 e. The molecule has 176 valence electrons. The molecule has 1 amide bonds. The summed E-state index contributed by atoms with van der Waals surface area (Å²) in [5, 5.41) is 11.9. The number of pyridine rings is 1. The Labute approximate surface area is 196 Å². The predicted molar refractivity (Wildman–Crippen MR) is 120 cm³/mol. The maximum Gasteiger partial charge on any atom is 0.573 e. The lowest BCUT2D eigenvalue weighted by molar-refractivity contribution is -0.274. The summed E-state index contributed by atoms with van der Waals surface area (Å²) < 4.78 is 41.6. The molecule has 1 aliphatic rings. The maximum absolute atomic E-state index is 13.2. The zero-order chi connectivity index (χ0) is 24.7. The molecule has 35 heavy (non-hydrogen) atoms. The molecule has 2 aromatic heterocycles. The third kappa shape index (κ3) is 3.99. The Hall–Kier alpha value is -4.60. The number of Topliss-reactive ketones (excluding diaryl/α,β-unsaturated/α-hetero) is 1. The molecule has 1 aliphatic heterocycles. The SMILES string of the molecule is O=C1C(=O)N(c2ccc(OC(F)(F)F)cc2)C(c2ccncc2)/C1=C(/O)c1c[nH]c2ccccc12. The molecule has 0 spiro atoms. The second kappa shape index (κ2) is 8.32. The van der Waals surface area contributed by atoms with Gasteiger partial charge in [0.2, 0.25) is 0 Å². The lowest BCUT2D eigenvalue weighted by Crippen LogP contribution is -2.29. The van der Waals surface area contributed by atoms with E-state index in [4.69, 9.17) is 0 Å². The number of halogens is 3. The Bertz CT molecular complexity index is 1460. The highest BCUT2D eigenvalue weighted by Gasteiger charge is 2.47. The van der Waals surface area contributed by atoms with Gasteiger partial charge in [0.15, 0.2) is 0 Å². The number of fused-ring (bicyclic) bond motifs is 1. The van der Waals surface area contributed by atoms with Gasteiger partial charge < -0.3 is 14.8 Å². The summed E-state index contributed by atoms with van der Waals surface area (Å²) in [5.74, 6) is -2.71. The number of rotatable bonds is 4. The standard InChI is InChI=1S/C25H16F3N3O4/c26-25(27,28)35-16-7-5-15(6-8-16)31-21(14-9-11-29-12-10-14)20(23(33)24(31)34)22(32)18-13-30-19-4-2-1-3-17(18)19/h1-13,21,30,32H/b22-20-. The molecule has 1 atom stereocenters. The number of carbonyl (C=O) groups excluding carboxylic acids is 2. The van der Waals surface area contributed by atoms with Crippen molar-refractivity contribution in [2.24, 2.45) is 0 Å². The predicted octanol–water partition coefficient (Wildman–Crippen LogP) is 5.09. The minimum Gasteiger partial charge on any atom is -0.507 e. The van der Waals surface area contributed by atoms with Gasteiger partial charge in [-0.05, 0) is 48.0 Å². The molecule has 2 aromatic carbocycles. The molecule has 10 heteroatoms. The normalized spacial score (nSPS) is 17.8. The fourth-order valence-electron chi connectivity index (χ4n) is 4.18. The van der Waals surface area contributed by atoms with Crippen LogP contribution >= 0.6 is 0 Å². The summed E-state index contributed by atoms with van der Waals surface area (Å²) in [7, 11) is 0. The number of nitrogens with one attached hydrogen (secondary N) is 1. The highest BCUT2D eigenvalue weighted by molar-refractivity contribution is 6.51. The third-order valence-corrected chi connectivity index (χ3v) is 5.66. The van der Waals surface area contributed by atoms with E-state index in [0.29, 0.717) is 16.5 Å². The Morgan fingerprint density at radius 3 is 2.37 bits per heavy atom. The van der Waals surface area contributed by atoms with Gasteiger partial charge in [-0.3, -0.25) is 19.5 Å². The molecule has 3 heterocycles. The first kappa shape index (κ1) is 22.2. The van der Waals surface area contributed by atoms with Gasteiger partial charge in [0.05, 0.1) is 11.6 Å². The molecule has 4 aromatic rings. The number of anilines is 1. The summed E-state index contributed by atoms with van der Waals surface area (Å²) in [5.41, 5.74) is 1.55. The fourth-order valence-corrected chi connectivity index (χ4v) is 4.18. The van der Waals surface area contributed by atoms with Gasteiger partial charge in [-0.1, -0.05) is 18.2 Å². The molecule has 0 bridgehead atoms. The number of ketones is 1. The topological polar surface area (TPSA) is 95.5 Å². The monoisotopic (exact) mass is 479 g/mol. The average Bonchev–Trinajstić information content (AvgIpc) is 3.38. The Morgan fingerprint density at radius 2 is 1.69 bits per heavy atom. The minimum atomic E-state index is -4.87. The van der Waals surface area contributed by atoms with Crippen LogP contribution in [0.15, 0.2) is 84.8 Å². The average molecular weight is 479 g/mol. The van der Waals surface area contributed by atoms with E-state index in [1.807, 2.05) is 6.07 Å². The number of benzene rings is 2. The number of amides is 1. The maximum atomic E-state index is 13.2. The van der Waals surface area contributed by atoms with E-state index in [2.05, 4.69) is 14.7 Å². The second-order valence-corrected chi connectivity index (χ2v) is 7.74. The molecule has 7 nitrogen and oxygen atoms in total. The number of hydrogen-bond donors (Lipinski definition) is 2. The Morgan fingerprint density at radius 1 is 1.00 bits per heavy atom. The smallest absolute Gasteiger partial charge is 0.507 e. The molecule has 0 aliphatic carbocycles. The van der Waals surface area contributed by atoms with Gasteiger partial charge in [0, 0.05) is 40.7 Å². The van der Waals surface area contributed by atoms with E-state index in [1.54, 1.807) is 36.5 Å². The highest BCUT2D eigenvalue weighted by atomic mass is 19.4. The molecular weight excluding hydrogens is 463 g/mol. The van der Waals surface area contributed by atoms with Gasteiger partial charge in [0.1, 0.15) is 11.5 Å². The van der Waals surface area contributed by atoms with Gasteiger partial charge >= 0.3 is 6.36 Å². The van der Waals surface area contributed by atoms with Crippen molar-refractivity contribution < 1.29 is 32.6 Å². The molecule has 1 saturated heterocycles. The minimum absolute atomic E-state index is 0.151. The summed E-state index contributed by atoms with van der Waals surface area (Å²) in [6, 6.07) is 13.9. The van der Waals surface area contributed by atoms with Crippen molar-refractivity contribution in [3.8, 4) is 5.75 Å². The van der Waals surface area contributed by atoms with Crippen LogP contribution in [0.2, 0.25) is 0 Å². The number of carbonyl (C=O) groups is 2. The van der Waals surface area contributed by atoms with E-state index >= 15 is 0 Å². The summed E-state index contributed by atoms with van der Waals surface area (Å²) in [6.07, 6.45) is -0.384. The van der Waals surface area contributed by atoms with Gasteiger partial charge in [0.25, 0.3) is 11.7 Å². The lowest BCUT2D eigenvalue weighted by Gasteiger charge is -2.25. The molecular formula is C25H16F3N3O4. The number of aliphatic hydroxyl groups excluding tert-OH is 1. The molecule has 1 fully saturated rings. The van der Waals surface area contributed by atoms with Crippen LogP contribution < -0.4 is 9.64 Å². The quantitative estimate of drug-likeness (QED) is 0.242.